The number of amides is 6. The molecule has 0 saturated carbocycles. The van der Waals surface area contributed by atoms with Crippen molar-refractivity contribution in [1.82, 2.24) is 47.2 Å². The number of nitrogens with zero attached hydrogens (tertiary/aromatic N) is 3. The van der Waals surface area contributed by atoms with Gasteiger partial charge in [-0.25, -0.2) is 4.39 Å². The second-order valence-corrected chi connectivity index (χ2v) is 42.7. The number of rotatable bonds is 59. The van der Waals surface area contributed by atoms with Gasteiger partial charge >= 0.3 is 5.97 Å². The molecule has 788 valence electrons. The van der Waals surface area contributed by atoms with E-state index in [0.717, 1.165) is 58.4 Å². The van der Waals surface area contributed by atoms with Crippen molar-refractivity contribution in [1.29, 1.82) is 0 Å². The summed E-state index contributed by atoms with van der Waals surface area (Å²) >= 11 is 0. The van der Waals surface area contributed by atoms with Crippen LogP contribution >= 0.6 is 0 Å². The average Bonchev–Trinajstić information content (AvgIpc) is 0.820. The fourth-order valence-electron chi connectivity index (χ4n) is 17.0. The molecule has 1 unspecified atom stereocenters. The van der Waals surface area contributed by atoms with Crippen LogP contribution in [0.1, 0.15) is 272 Å². The van der Waals surface area contributed by atoms with Gasteiger partial charge in [0.1, 0.15) is 52.5 Å². The maximum atomic E-state index is 16.3. The normalized spacial score (nSPS) is 14.7. The van der Waals surface area contributed by atoms with Crippen LogP contribution in [0, 0.1) is 36.9 Å². The highest BCUT2D eigenvalue weighted by Crippen LogP contribution is 2.40. The molecule has 0 radical (unpaired) electrons. The van der Waals surface area contributed by atoms with Crippen LogP contribution in [-0.4, -0.2) is 208 Å². The number of ketones is 5. The molecule has 6 aromatic carbocycles. The highest BCUT2D eigenvalue weighted by Gasteiger charge is 2.46. The third kappa shape index (κ3) is 40.5. The fraction of sp³-hybridized carbons (Fsp3) is 0.559. The van der Waals surface area contributed by atoms with Crippen molar-refractivity contribution < 1.29 is 105 Å². The van der Waals surface area contributed by atoms with Crippen LogP contribution in [0.5, 0.6) is 23.0 Å². The largest absolute Gasteiger partial charge is 0.497 e. The van der Waals surface area contributed by atoms with Crippen LogP contribution in [0.2, 0.25) is 0 Å². The number of aromatic amines is 1. The summed E-state index contributed by atoms with van der Waals surface area (Å²) < 4.78 is 70.6. The van der Waals surface area contributed by atoms with E-state index in [1.54, 1.807) is 146 Å². The number of ether oxygens (including phenoxy) is 9. The van der Waals surface area contributed by atoms with Gasteiger partial charge in [-0.3, -0.25) is 57.5 Å². The van der Waals surface area contributed by atoms with Gasteiger partial charge in [-0.2, -0.15) is 5.21 Å². The molecule has 7 aromatic rings. The Morgan fingerprint density at radius 1 is 0.514 bits per heavy atom. The number of aryl methyl sites for hydroxylation is 4. The quantitative estimate of drug-likeness (QED) is 0.0130. The van der Waals surface area contributed by atoms with Gasteiger partial charge in [0.2, 0.25) is 29.5 Å². The van der Waals surface area contributed by atoms with Crippen molar-refractivity contribution in [2.75, 3.05) is 40.6 Å². The Bertz CT molecular complexity index is 5420. The fourth-order valence-corrected chi connectivity index (χ4v) is 17.0. The number of tetrazole rings is 1. The van der Waals surface area contributed by atoms with Gasteiger partial charge in [0.15, 0.2) is 41.3 Å². The van der Waals surface area contributed by atoms with Gasteiger partial charge < -0.3 is 80.7 Å². The molecule has 0 aliphatic carbocycles. The van der Waals surface area contributed by atoms with Crippen molar-refractivity contribution >= 4 is 70.3 Å². The van der Waals surface area contributed by atoms with E-state index in [1.807, 2.05) is 56.3 Å². The molecule has 0 fully saturated rings. The molecule has 0 aliphatic rings. The molecule has 10 N–H and O–H groups in total. The summed E-state index contributed by atoms with van der Waals surface area (Å²) in [6.45, 7) is 37.7. The van der Waals surface area contributed by atoms with E-state index in [9.17, 15) is 24.0 Å². The van der Waals surface area contributed by atoms with Gasteiger partial charge in [-0.1, -0.05) is 135 Å². The minimum atomic E-state index is -2.03. The third-order valence-electron chi connectivity index (χ3n) is 24.0. The molecule has 32 nitrogen and oxygen atoms in total. The van der Waals surface area contributed by atoms with Gasteiger partial charge in [0.05, 0.1) is 105 Å². The first-order valence-corrected chi connectivity index (χ1v) is 49.8. The number of halogens is 1. The number of Topliss-reactive ketones (excluding diaryl/α,β-unsaturated/α-hetero) is 5. The van der Waals surface area contributed by atoms with Crippen LogP contribution in [-0.2, 0) is 113 Å². The number of aromatic nitrogens is 4. The lowest BCUT2D eigenvalue weighted by Gasteiger charge is -2.36. The number of esters is 1. The lowest BCUT2D eigenvalue weighted by atomic mass is 9.76. The molecule has 144 heavy (non-hydrogen) atoms. The first kappa shape index (κ1) is 119. The minimum absolute atomic E-state index is 0.0185. The maximum absolute atomic E-state index is 16.3. The standard InChI is InChI=1S/C111H156FN11O21/c1-25-27-30-50-138-81-45-46-82(73(26-2)55-81)74-38-36-71(37-39-74)54-77(102(132)115-87(35-31-32-72-52-67(3)51-68(4)53-72)92(126)59-84(83-47-44-80(136-23)58-95(83)137-24)75-40-42-79(43-41-75)139-66-96(114)129)56-91(125)89(61-99(131)144-110(19,20)21)116-103(133)78(64-140-106(7,8)9)57-93(127)100(69(5)142-108(13,14)15)119-105(135)111(22,62-76-33-28-29-34-85(76)112)63-94(128)101(70(6)143-109(16,17)18)118-98(130)49-48-90(124)88(60-97-120-122-123-121-97)117-104(134)86(113)65-141-107(10,11)12/h28-29,33-34,36-47,51-53,55,58,69-70,77-78,84,86-89,100-101H,25-27,30-32,35,48-50,54,56-57,59-66,113H2,1-24H3,(H2,114,129)(H,115,132)(H,116,133)(H,117,134)(H,118,130)(H,119,135)(H,120,121,122,123)/t69-,70-,77-,78+,84?,86+,87+,88+,89+,100+,101+,111-/m1/s1. The van der Waals surface area contributed by atoms with Gasteiger partial charge in [0.25, 0.3) is 5.91 Å². The molecular formula is C111H156FN11O21. The van der Waals surface area contributed by atoms with Crippen molar-refractivity contribution in [2.45, 2.75) is 344 Å². The Balaban J connectivity index is 1.30. The number of methoxy groups -OCH3 is 2. The molecule has 1 aromatic heterocycles. The predicted molar refractivity (Wildman–Crippen MR) is 547 cm³/mol. The Kier molecular flexibility index (Phi) is 45.2. The van der Waals surface area contributed by atoms with Crippen LogP contribution in [0.3, 0.4) is 0 Å². The topological polar surface area (TPSA) is 455 Å². The Morgan fingerprint density at radius 3 is 1.69 bits per heavy atom. The van der Waals surface area contributed by atoms with Crippen molar-refractivity contribution in [3.05, 3.63) is 184 Å². The number of carbonyl (C=O) groups excluding carboxylic acids is 12. The van der Waals surface area contributed by atoms with Gasteiger partial charge in [-0.05, 0) is 252 Å². The number of benzene rings is 6. The van der Waals surface area contributed by atoms with E-state index in [1.165, 1.54) is 59.3 Å². The molecular weight excluding hydrogens is 1840 g/mol. The smallest absolute Gasteiger partial charge is 0.308 e. The zero-order valence-corrected chi connectivity index (χ0v) is 88.8. The molecule has 33 heteroatoms. The van der Waals surface area contributed by atoms with E-state index < -0.39 is 227 Å². The molecule has 1 heterocycles. The third-order valence-corrected chi connectivity index (χ3v) is 24.0. The summed E-state index contributed by atoms with van der Waals surface area (Å²) in [5.41, 5.74) is 12.5. The molecule has 0 bridgehead atoms. The van der Waals surface area contributed by atoms with E-state index in [4.69, 9.17) is 54.1 Å². The molecule has 7 rings (SSSR count). The number of nitrogens with one attached hydrogen (secondary N) is 6. The highest BCUT2D eigenvalue weighted by molar-refractivity contribution is 6.00. The zero-order chi connectivity index (χ0) is 107. The summed E-state index contributed by atoms with van der Waals surface area (Å²) in [6, 6.07) is 28.6. The number of primary amides is 1. The maximum Gasteiger partial charge on any atom is 0.308 e. The molecule has 12 atom stereocenters. The Hall–Kier alpha value is -12.0. The van der Waals surface area contributed by atoms with Crippen molar-refractivity contribution in [3.8, 4) is 34.1 Å². The van der Waals surface area contributed by atoms with E-state index >= 15 is 38.0 Å². The Labute approximate surface area is 848 Å². The number of carbonyl (C=O) groups is 12. The van der Waals surface area contributed by atoms with Crippen LogP contribution in [0.25, 0.3) is 11.1 Å². The molecule has 6 amide bonds. The molecule has 0 spiro atoms. The summed E-state index contributed by atoms with van der Waals surface area (Å²) in [5, 5.41) is 27.9. The lowest BCUT2D eigenvalue weighted by Crippen LogP contribution is -2.57. The predicted octanol–water partition coefficient (Wildman–Crippen LogP) is 14.5. The molecule has 0 aliphatic heterocycles. The monoisotopic (exact) mass is 2000 g/mol. The summed E-state index contributed by atoms with van der Waals surface area (Å²) in [6.07, 6.45) is -2.83. The Morgan fingerprint density at radius 2 is 1.10 bits per heavy atom. The van der Waals surface area contributed by atoms with E-state index in [0.29, 0.717) is 59.8 Å². The number of nitrogens with two attached hydrogens (primary N) is 2. The number of hydrogen-bond donors (Lipinski definition) is 8. The first-order valence-electron chi connectivity index (χ1n) is 49.8. The van der Waals surface area contributed by atoms with Crippen LogP contribution in [0.4, 0.5) is 4.39 Å². The zero-order valence-electron chi connectivity index (χ0n) is 88.8. The highest BCUT2D eigenvalue weighted by atomic mass is 19.1. The average molecular weight is 2000 g/mol. The summed E-state index contributed by atoms with van der Waals surface area (Å²) in [4.78, 5) is 180. The van der Waals surface area contributed by atoms with Crippen molar-refractivity contribution in [3.63, 3.8) is 0 Å². The lowest BCUT2D eigenvalue weighted by molar-refractivity contribution is -0.157. The van der Waals surface area contributed by atoms with E-state index in [2.05, 4.69) is 79.3 Å². The van der Waals surface area contributed by atoms with Crippen molar-refractivity contribution in [2.24, 2.45) is 28.7 Å². The minimum Gasteiger partial charge on any atom is -0.497 e. The van der Waals surface area contributed by atoms with E-state index in [-0.39, 0.29) is 50.3 Å². The number of H-pyrrole nitrogens is 1. The first-order chi connectivity index (χ1) is 67.4. The van der Waals surface area contributed by atoms with Crippen LogP contribution in [0.15, 0.2) is 127 Å². The SMILES string of the molecule is CCCCCOc1ccc(-c2ccc(C[C@H](CC(=O)[C@H](CC(=O)OC(C)(C)C)NC(=O)[C@H](COC(C)(C)C)CC(=O)[C@@H](NC(=O)[C@@](C)(CC(=O)[C@@H](NC(=O)CCC(=O)[C@H](Cc3nn[nH]n3)NC(=O)[C@@H](N)COC(C)(C)C)[C@@H](C)OC(C)(C)C)Cc3ccccc3F)[C@@H](C)OC(C)(C)C)C(=O)N[C@@H](CCCc3cc(C)cc(C)c3)C(=O)CC(c3ccc(OCC(N)=O)cc3)c3ccc(OC)cc3OC)cc2)c(CC)c1. The van der Waals surface area contributed by atoms with Gasteiger partial charge in [-0.15, -0.1) is 10.2 Å². The number of hydrogen-bond acceptors (Lipinski definition) is 25. The van der Waals surface area contributed by atoms with Gasteiger partial charge in [0, 0.05) is 68.4 Å². The second kappa shape index (κ2) is 54.8. The molecule has 0 saturated heterocycles. The van der Waals surface area contributed by atoms with Crippen LogP contribution < -0.4 is 57.0 Å². The summed E-state index contributed by atoms with van der Waals surface area (Å²) in [5.74, 6) is -11.7. The number of unbranched alkanes of at least 4 members (excludes halogenated alkanes) is 2. The second-order valence-electron chi connectivity index (χ2n) is 42.7. The summed E-state index contributed by atoms with van der Waals surface area (Å²) in [7, 11) is 3.01.